The zero-order valence-corrected chi connectivity index (χ0v) is 18.2. The van der Waals surface area contributed by atoms with Crippen LogP contribution in [0.4, 0.5) is 5.69 Å². The Balaban J connectivity index is 1.67. The highest BCUT2D eigenvalue weighted by Gasteiger charge is 2.36. The fourth-order valence-corrected chi connectivity index (χ4v) is 5.60. The van der Waals surface area contributed by atoms with E-state index in [0.717, 1.165) is 5.56 Å². The first-order valence-electron chi connectivity index (χ1n) is 9.91. The van der Waals surface area contributed by atoms with Crippen molar-refractivity contribution in [2.75, 3.05) is 18.4 Å². The fraction of sp³-hybridized carbons (Fsp3) is 0.318. The number of anilines is 1. The van der Waals surface area contributed by atoms with Gasteiger partial charge in [0.25, 0.3) is 0 Å². The maximum absolute atomic E-state index is 13.2. The number of benzene rings is 2. The SMILES string of the molecule is Cc1ccc(C)c(S(=O)(=O)N2CCCC2CNC(=O)C(=O)Nc2ccccc2C#N)c1. The average Bonchev–Trinajstić information content (AvgIpc) is 3.23. The van der Waals surface area contributed by atoms with Crippen molar-refractivity contribution in [2.24, 2.45) is 0 Å². The number of amides is 2. The van der Waals surface area contributed by atoms with Crippen molar-refractivity contribution in [3.05, 3.63) is 59.2 Å². The highest BCUT2D eigenvalue weighted by atomic mass is 32.2. The molecule has 31 heavy (non-hydrogen) atoms. The average molecular weight is 441 g/mol. The van der Waals surface area contributed by atoms with Crippen LogP contribution >= 0.6 is 0 Å². The minimum Gasteiger partial charge on any atom is -0.346 e. The lowest BCUT2D eigenvalue weighted by Crippen LogP contribution is -2.45. The molecule has 3 rings (SSSR count). The number of nitrogens with one attached hydrogen (secondary N) is 2. The number of carbonyl (C=O) groups excluding carboxylic acids is 2. The lowest BCUT2D eigenvalue weighted by Gasteiger charge is -2.25. The van der Waals surface area contributed by atoms with Crippen LogP contribution in [0.2, 0.25) is 0 Å². The maximum Gasteiger partial charge on any atom is 0.313 e. The summed E-state index contributed by atoms with van der Waals surface area (Å²) < 4.78 is 27.8. The number of nitrogens with zero attached hydrogens (tertiary/aromatic N) is 2. The molecule has 0 bridgehead atoms. The Hall–Kier alpha value is -3.22. The van der Waals surface area contributed by atoms with Crippen LogP contribution in [-0.2, 0) is 19.6 Å². The van der Waals surface area contributed by atoms with E-state index in [0.29, 0.717) is 24.9 Å². The predicted octanol–water partition coefficient (Wildman–Crippen LogP) is 2.08. The molecule has 1 unspecified atom stereocenters. The zero-order valence-electron chi connectivity index (χ0n) is 17.4. The molecule has 162 valence electrons. The lowest BCUT2D eigenvalue weighted by molar-refractivity contribution is -0.136. The van der Waals surface area contributed by atoms with Gasteiger partial charge in [-0.3, -0.25) is 9.59 Å². The highest BCUT2D eigenvalue weighted by molar-refractivity contribution is 7.89. The van der Waals surface area contributed by atoms with Gasteiger partial charge >= 0.3 is 11.8 Å². The van der Waals surface area contributed by atoms with Crippen LogP contribution in [0.15, 0.2) is 47.4 Å². The molecule has 8 nitrogen and oxygen atoms in total. The van der Waals surface area contributed by atoms with Crippen LogP contribution in [0.3, 0.4) is 0 Å². The number of para-hydroxylation sites is 1. The Kier molecular flexibility index (Phi) is 6.73. The lowest BCUT2D eigenvalue weighted by atomic mass is 10.2. The van der Waals surface area contributed by atoms with Crippen LogP contribution < -0.4 is 10.6 Å². The molecule has 0 aromatic heterocycles. The van der Waals surface area contributed by atoms with E-state index in [-0.39, 0.29) is 22.7 Å². The molecule has 9 heteroatoms. The molecule has 1 atom stereocenters. The molecule has 2 N–H and O–H groups in total. The normalized spacial score (nSPS) is 16.5. The number of hydrogen-bond donors (Lipinski definition) is 2. The van der Waals surface area contributed by atoms with Crippen LogP contribution in [0.1, 0.15) is 29.5 Å². The fourth-order valence-electron chi connectivity index (χ4n) is 3.60. The third-order valence-electron chi connectivity index (χ3n) is 5.25. The van der Waals surface area contributed by atoms with E-state index < -0.39 is 27.9 Å². The van der Waals surface area contributed by atoms with E-state index >= 15 is 0 Å². The van der Waals surface area contributed by atoms with Crippen molar-refractivity contribution in [1.29, 1.82) is 5.26 Å². The van der Waals surface area contributed by atoms with E-state index in [9.17, 15) is 18.0 Å². The van der Waals surface area contributed by atoms with E-state index in [1.165, 1.54) is 16.4 Å². The number of rotatable bonds is 5. The predicted molar refractivity (Wildman–Crippen MR) is 116 cm³/mol. The molecule has 0 aliphatic carbocycles. The maximum atomic E-state index is 13.2. The molecular weight excluding hydrogens is 416 g/mol. The van der Waals surface area contributed by atoms with Crippen molar-refractivity contribution < 1.29 is 18.0 Å². The molecule has 1 heterocycles. The van der Waals surface area contributed by atoms with Crippen molar-refractivity contribution in [1.82, 2.24) is 9.62 Å². The largest absolute Gasteiger partial charge is 0.346 e. The van der Waals surface area contributed by atoms with Crippen molar-refractivity contribution in [3.8, 4) is 6.07 Å². The summed E-state index contributed by atoms with van der Waals surface area (Å²) in [5, 5.41) is 14.0. The number of nitriles is 1. The summed E-state index contributed by atoms with van der Waals surface area (Å²) in [5.74, 6) is -1.80. The van der Waals surface area contributed by atoms with E-state index in [1.807, 2.05) is 19.1 Å². The summed E-state index contributed by atoms with van der Waals surface area (Å²) >= 11 is 0. The van der Waals surface area contributed by atoms with Crippen molar-refractivity contribution in [3.63, 3.8) is 0 Å². The summed E-state index contributed by atoms with van der Waals surface area (Å²) in [6.07, 6.45) is 1.26. The molecule has 1 aliphatic heterocycles. The molecule has 1 fully saturated rings. The van der Waals surface area contributed by atoms with Gasteiger partial charge in [0.15, 0.2) is 0 Å². The third-order valence-corrected chi connectivity index (χ3v) is 7.35. The van der Waals surface area contributed by atoms with Gasteiger partial charge in [-0.05, 0) is 56.0 Å². The Labute approximate surface area is 181 Å². The summed E-state index contributed by atoms with van der Waals surface area (Å²) in [6.45, 7) is 3.97. The molecule has 2 aromatic rings. The second kappa shape index (κ2) is 9.29. The molecule has 2 aromatic carbocycles. The summed E-state index contributed by atoms with van der Waals surface area (Å²) in [6, 6.07) is 13.1. The summed E-state index contributed by atoms with van der Waals surface area (Å²) in [5.41, 5.74) is 1.99. The smallest absolute Gasteiger partial charge is 0.313 e. The zero-order chi connectivity index (χ0) is 22.6. The van der Waals surface area contributed by atoms with Gasteiger partial charge in [0, 0.05) is 19.1 Å². The Morgan fingerprint density at radius 3 is 2.65 bits per heavy atom. The minimum atomic E-state index is -3.72. The highest BCUT2D eigenvalue weighted by Crippen LogP contribution is 2.28. The first-order chi connectivity index (χ1) is 14.7. The van der Waals surface area contributed by atoms with Gasteiger partial charge in [0.2, 0.25) is 10.0 Å². The van der Waals surface area contributed by atoms with Gasteiger partial charge in [-0.1, -0.05) is 24.3 Å². The molecule has 2 amide bonds. The van der Waals surface area contributed by atoms with Gasteiger partial charge in [0.1, 0.15) is 6.07 Å². The van der Waals surface area contributed by atoms with Crippen LogP contribution in [0.25, 0.3) is 0 Å². The van der Waals surface area contributed by atoms with Crippen LogP contribution in [-0.4, -0.2) is 43.7 Å². The summed E-state index contributed by atoms with van der Waals surface area (Å²) in [4.78, 5) is 24.7. The second-order valence-corrected chi connectivity index (χ2v) is 9.36. The quantitative estimate of drug-likeness (QED) is 0.690. The molecule has 0 radical (unpaired) electrons. The monoisotopic (exact) mass is 440 g/mol. The van der Waals surface area contributed by atoms with Crippen molar-refractivity contribution in [2.45, 2.75) is 37.6 Å². The first-order valence-corrected chi connectivity index (χ1v) is 11.4. The topological polar surface area (TPSA) is 119 Å². The Bertz CT molecular complexity index is 1150. The van der Waals surface area contributed by atoms with Gasteiger partial charge in [-0.15, -0.1) is 0 Å². The van der Waals surface area contributed by atoms with Crippen molar-refractivity contribution >= 4 is 27.5 Å². The number of hydrogen-bond acceptors (Lipinski definition) is 5. The number of sulfonamides is 1. The van der Waals surface area contributed by atoms with Gasteiger partial charge < -0.3 is 10.6 Å². The van der Waals surface area contributed by atoms with Crippen LogP contribution in [0.5, 0.6) is 0 Å². The number of aryl methyl sites for hydroxylation is 2. The Morgan fingerprint density at radius 1 is 1.16 bits per heavy atom. The number of carbonyl (C=O) groups is 2. The third kappa shape index (κ3) is 4.93. The van der Waals surface area contributed by atoms with E-state index in [2.05, 4.69) is 10.6 Å². The minimum absolute atomic E-state index is 0.0241. The molecule has 1 saturated heterocycles. The summed E-state index contributed by atoms with van der Waals surface area (Å²) in [7, 11) is -3.72. The van der Waals surface area contributed by atoms with Gasteiger partial charge in [0.05, 0.1) is 16.1 Å². The van der Waals surface area contributed by atoms with Gasteiger partial charge in [-0.25, -0.2) is 8.42 Å². The first kappa shape index (κ1) is 22.5. The van der Waals surface area contributed by atoms with Crippen LogP contribution in [0, 0.1) is 25.2 Å². The van der Waals surface area contributed by atoms with E-state index in [4.69, 9.17) is 5.26 Å². The van der Waals surface area contributed by atoms with Gasteiger partial charge in [-0.2, -0.15) is 9.57 Å². The Morgan fingerprint density at radius 2 is 1.90 bits per heavy atom. The molecule has 0 spiro atoms. The van der Waals surface area contributed by atoms with E-state index in [1.54, 1.807) is 31.2 Å². The second-order valence-electron chi connectivity index (χ2n) is 7.50. The molecule has 1 aliphatic rings. The molecular formula is C22H24N4O4S. The standard InChI is InChI=1S/C22H24N4O4S/c1-15-9-10-16(2)20(12-15)31(29,30)26-11-5-7-18(26)14-24-21(27)22(28)25-19-8-4-3-6-17(19)13-23/h3-4,6,8-10,12,18H,5,7,11,14H2,1-2H3,(H,24,27)(H,25,28). The molecule has 0 saturated carbocycles.